The molecule has 0 spiro atoms. The Morgan fingerprint density at radius 1 is 0.545 bits per heavy atom. The van der Waals surface area contributed by atoms with E-state index in [2.05, 4.69) is 70.5 Å². The fourth-order valence-electron chi connectivity index (χ4n) is 7.65. The van der Waals surface area contributed by atoms with Gasteiger partial charge < -0.3 is 24.2 Å². The first kappa shape index (κ1) is 38.9. The Kier molecular flexibility index (Phi) is 14.2. The molecule has 8 heteroatoms. The zero-order valence-corrected chi connectivity index (χ0v) is 32.3. The molecule has 0 radical (unpaired) electrons. The maximum Gasteiger partial charge on any atom is 0.230 e. The molecule has 0 N–H and O–H groups in total. The predicted octanol–water partition coefficient (Wildman–Crippen LogP) is 7.48. The first-order valence-corrected chi connectivity index (χ1v) is 20.6. The zero-order chi connectivity index (χ0) is 37.7. The molecule has 2 saturated carbocycles. The molecular formula is C47H58N4O4. The SMILES string of the molecule is O=C(C1CC1)N(CC1CN(CCc2ccccc2)CCCO1)c1ccccc1.O=C(C1CC1)N(CC1CN(Cc2ccccc2)CCCO1)c1ccccc1. The van der Waals surface area contributed by atoms with Gasteiger partial charge in [-0.2, -0.15) is 0 Å². The van der Waals surface area contributed by atoms with Gasteiger partial charge in [-0.25, -0.2) is 0 Å². The summed E-state index contributed by atoms with van der Waals surface area (Å²) in [5.41, 5.74) is 4.67. The lowest BCUT2D eigenvalue weighted by Crippen LogP contribution is -2.44. The third-order valence-corrected chi connectivity index (χ3v) is 11.0. The van der Waals surface area contributed by atoms with E-state index in [-0.39, 0.29) is 35.9 Å². The Morgan fingerprint density at radius 2 is 0.964 bits per heavy atom. The molecule has 4 aromatic carbocycles. The summed E-state index contributed by atoms with van der Waals surface area (Å²) in [4.78, 5) is 34.7. The van der Waals surface area contributed by atoms with Crippen LogP contribution in [0.3, 0.4) is 0 Å². The van der Waals surface area contributed by atoms with Gasteiger partial charge in [-0.1, -0.05) is 97.1 Å². The Hall–Kier alpha value is -4.34. The summed E-state index contributed by atoms with van der Waals surface area (Å²) in [5.74, 6) is 0.926. The molecule has 4 aromatic rings. The minimum atomic E-state index is 0.0409. The largest absolute Gasteiger partial charge is 0.375 e. The second kappa shape index (κ2) is 20.0. The first-order chi connectivity index (χ1) is 27.1. The maximum absolute atomic E-state index is 12.9. The lowest BCUT2D eigenvalue weighted by atomic mass is 10.1. The van der Waals surface area contributed by atoms with Gasteiger partial charge in [0.15, 0.2) is 0 Å². The van der Waals surface area contributed by atoms with E-state index in [0.717, 1.165) is 109 Å². The fraction of sp³-hybridized carbons (Fsp3) is 0.447. The highest BCUT2D eigenvalue weighted by Crippen LogP contribution is 2.34. The summed E-state index contributed by atoms with van der Waals surface area (Å²) in [6.45, 7) is 8.60. The van der Waals surface area contributed by atoms with E-state index in [0.29, 0.717) is 13.1 Å². The number of ether oxygens (including phenoxy) is 2. The van der Waals surface area contributed by atoms with Crippen molar-refractivity contribution in [2.75, 3.05) is 68.8 Å². The molecule has 8 rings (SSSR count). The topological polar surface area (TPSA) is 65.6 Å². The summed E-state index contributed by atoms with van der Waals surface area (Å²) >= 11 is 0. The van der Waals surface area contributed by atoms with Crippen LogP contribution in [-0.2, 0) is 32.0 Å². The second-order valence-electron chi connectivity index (χ2n) is 15.6. The van der Waals surface area contributed by atoms with Crippen molar-refractivity contribution >= 4 is 23.2 Å². The van der Waals surface area contributed by atoms with E-state index >= 15 is 0 Å². The fourth-order valence-corrected chi connectivity index (χ4v) is 7.65. The van der Waals surface area contributed by atoms with Crippen LogP contribution in [0.4, 0.5) is 11.4 Å². The minimum Gasteiger partial charge on any atom is -0.375 e. The van der Waals surface area contributed by atoms with Crippen LogP contribution in [0.5, 0.6) is 0 Å². The molecule has 0 aromatic heterocycles. The van der Waals surface area contributed by atoms with Crippen LogP contribution in [0.2, 0.25) is 0 Å². The highest BCUT2D eigenvalue weighted by atomic mass is 16.5. The maximum atomic E-state index is 12.9. The van der Waals surface area contributed by atoms with Gasteiger partial charge in [0.25, 0.3) is 0 Å². The van der Waals surface area contributed by atoms with Crippen molar-refractivity contribution in [2.45, 2.75) is 63.7 Å². The second-order valence-corrected chi connectivity index (χ2v) is 15.6. The van der Waals surface area contributed by atoms with Gasteiger partial charge >= 0.3 is 0 Å². The highest BCUT2D eigenvalue weighted by molar-refractivity contribution is 5.97. The smallest absolute Gasteiger partial charge is 0.230 e. The van der Waals surface area contributed by atoms with Gasteiger partial charge in [0.1, 0.15) is 0 Å². The number of hydrogen-bond donors (Lipinski definition) is 0. The van der Waals surface area contributed by atoms with Crippen molar-refractivity contribution in [3.05, 3.63) is 132 Å². The number of anilines is 2. The quantitative estimate of drug-likeness (QED) is 0.142. The van der Waals surface area contributed by atoms with Gasteiger partial charge in [0.2, 0.25) is 11.8 Å². The molecule has 4 fully saturated rings. The molecule has 8 nitrogen and oxygen atoms in total. The Morgan fingerprint density at radius 3 is 1.44 bits per heavy atom. The van der Waals surface area contributed by atoms with Crippen LogP contribution in [0.15, 0.2) is 121 Å². The zero-order valence-electron chi connectivity index (χ0n) is 32.3. The molecule has 2 amide bonds. The van der Waals surface area contributed by atoms with Crippen molar-refractivity contribution in [3.63, 3.8) is 0 Å². The molecule has 0 bridgehead atoms. The van der Waals surface area contributed by atoms with Gasteiger partial charge in [0, 0.05) is 75.7 Å². The lowest BCUT2D eigenvalue weighted by Gasteiger charge is -2.30. The molecule has 55 heavy (non-hydrogen) atoms. The molecular weight excluding hydrogens is 685 g/mol. The van der Waals surface area contributed by atoms with Crippen LogP contribution in [0.25, 0.3) is 0 Å². The number of amides is 2. The molecule has 290 valence electrons. The summed E-state index contributed by atoms with van der Waals surface area (Å²) < 4.78 is 12.3. The molecule has 2 aliphatic heterocycles. The summed E-state index contributed by atoms with van der Waals surface area (Å²) in [6.07, 6.45) is 7.32. The van der Waals surface area contributed by atoms with Crippen molar-refractivity contribution in [1.82, 2.24) is 9.80 Å². The van der Waals surface area contributed by atoms with E-state index < -0.39 is 0 Å². The molecule has 4 aliphatic rings. The third-order valence-electron chi connectivity index (χ3n) is 11.0. The number of nitrogens with zero attached hydrogens (tertiary/aromatic N) is 4. The Balaban J connectivity index is 0.000000169. The van der Waals surface area contributed by atoms with Crippen LogP contribution >= 0.6 is 0 Å². The number of carbonyl (C=O) groups excluding carboxylic acids is 2. The van der Waals surface area contributed by atoms with Crippen molar-refractivity contribution in [1.29, 1.82) is 0 Å². The average Bonchev–Trinajstić information content (AvgIpc) is 4.13. The van der Waals surface area contributed by atoms with Crippen LogP contribution in [0, 0.1) is 11.8 Å². The highest BCUT2D eigenvalue weighted by Gasteiger charge is 2.37. The predicted molar refractivity (Wildman–Crippen MR) is 220 cm³/mol. The monoisotopic (exact) mass is 742 g/mol. The van der Waals surface area contributed by atoms with E-state index in [1.165, 1.54) is 11.1 Å². The molecule has 2 heterocycles. The number of hydrogen-bond acceptors (Lipinski definition) is 6. The molecule has 2 atom stereocenters. The van der Waals surface area contributed by atoms with E-state index in [4.69, 9.17) is 9.47 Å². The van der Waals surface area contributed by atoms with E-state index in [9.17, 15) is 9.59 Å². The van der Waals surface area contributed by atoms with Crippen LogP contribution < -0.4 is 9.80 Å². The normalized spacial score (nSPS) is 20.7. The number of carbonyl (C=O) groups is 2. The minimum absolute atomic E-state index is 0.0409. The van der Waals surface area contributed by atoms with Gasteiger partial charge in [-0.3, -0.25) is 14.5 Å². The average molecular weight is 743 g/mol. The van der Waals surface area contributed by atoms with Crippen LogP contribution in [0.1, 0.15) is 49.7 Å². The number of rotatable bonds is 13. The lowest BCUT2D eigenvalue weighted by molar-refractivity contribution is -0.121. The summed E-state index contributed by atoms with van der Waals surface area (Å²) in [5, 5.41) is 0. The van der Waals surface area contributed by atoms with Gasteiger partial charge in [-0.15, -0.1) is 0 Å². The summed E-state index contributed by atoms with van der Waals surface area (Å²) in [7, 11) is 0. The molecule has 2 saturated heterocycles. The summed E-state index contributed by atoms with van der Waals surface area (Å²) in [6, 6.07) is 41.3. The Labute approximate surface area is 328 Å². The standard InChI is InChI=1S/C24H30N2O2.C23H28N2O2/c27-24(21-12-13-21)26(22-10-5-2-6-11-22)19-23-18-25(15-7-17-28-23)16-14-20-8-3-1-4-9-20;26-23(20-12-13-20)25(21-10-5-2-6-11-21)18-22-17-24(14-7-15-27-22)16-19-8-3-1-4-9-19/h1-6,8-11,21,23H,7,12-19H2;1-6,8-11,20,22H,7,12-18H2. The molecule has 2 unspecified atom stereocenters. The number of para-hydroxylation sites is 2. The van der Waals surface area contributed by atoms with E-state index in [1.54, 1.807) is 0 Å². The van der Waals surface area contributed by atoms with Gasteiger partial charge in [-0.05, 0) is 80.3 Å². The van der Waals surface area contributed by atoms with Crippen molar-refractivity contribution in [3.8, 4) is 0 Å². The first-order valence-electron chi connectivity index (χ1n) is 20.6. The van der Waals surface area contributed by atoms with Crippen molar-refractivity contribution < 1.29 is 19.1 Å². The van der Waals surface area contributed by atoms with Crippen LogP contribution in [-0.4, -0.2) is 92.8 Å². The number of benzene rings is 4. The Bertz CT molecular complexity index is 1740. The molecule has 2 aliphatic carbocycles. The van der Waals surface area contributed by atoms with Gasteiger partial charge in [0.05, 0.1) is 25.3 Å². The van der Waals surface area contributed by atoms with Crippen molar-refractivity contribution in [2.24, 2.45) is 11.8 Å². The van der Waals surface area contributed by atoms with E-state index in [1.807, 2.05) is 70.5 Å². The third kappa shape index (κ3) is 12.1.